The molecule has 0 unspecified atom stereocenters. The maximum atomic E-state index is 11.8. The van der Waals surface area contributed by atoms with E-state index in [0.717, 1.165) is 5.56 Å². The van der Waals surface area contributed by atoms with Gasteiger partial charge in [0, 0.05) is 20.3 Å². The number of hydrogen-bond acceptors (Lipinski definition) is 6. The summed E-state index contributed by atoms with van der Waals surface area (Å²) in [4.78, 5) is 23.4. The Labute approximate surface area is 196 Å². The average Bonchev–Trinajstić information content (AvgIpc) is 2.78. The van der Waals surface area contributed by atoms with Crippen LogP contribution in [0.2, 0.25) is 10.0 Å². The van der Waals surface area contributed by atoms with Gasteiger partial charge in [0.2, 0.25) is 0 Å². The smallest absolute Gasteiger partial charge is 0.329 e. The molecule has 0 aromatic heterocycles. The van der Waals surface area contributed by atoms with Crippen LogP contribution in [0.5, 0.6) is 11.5 Å². The normalized spacial score (nSPS) is 10.8. The predicted octanol–water partition coefficient (Wildman–Crippen LogP) is 3.57. The maximum absolute atomic E-state index is 11.8. The van der Waals surface area contributed by atoms with Crippen LogP contribution >= 0.6 is 23.2 Å². The summed E-state index contributed by atoms with van der Waals surface area (Å²) in [5.41, 5.74) is 3.69. The van der Waals surface area contributed by atoms with Crippen LogP contribution in [0.1, 0.15) is 24.5 Å². The van der Waals surface area contributed by atoms with Crippen LogP contribution in [-0.4, -0.2) is 44.9 Å². The van der Waals surface area contributed by atoms with Crippen molar-refractivity contribution in [1.82, 2.24) is 10.7 Å². The molecule has 0 aliphatic carbocycles. The molecule has 0 radical (unpaired) electrons. The Morgan fingerprint density at radius 1 is 1.03 bits per heavy atom. The fraction of sp³-hybridized carbons (Fsp3) is 0.318. The van der Waals surface area contributed by atoms with Gasteiger partial charge in [-0.25, -0.2) is 5.43 Å². The van der Waals surface area contributed by atoms with E-state index in [9.17, 15) is 9.59 Å². The van der Waals surface area contributed by atoms with Crippen molar-refractivity contribution < 1.29 is 23.8 Å². The largest absolute Gasteiger partial charge is 0.490 e. The highest BCUT2D eigenvalue weighted by Crippen LogP contribution is 2.29. The van der Waals surface area contributed by atoms with Crippen molar-refractivity contribution >= 4 is 41.2 Å². The van der Waals surface area contributed by atoms with Gasteiger partial charge in [0.1, 0.15) is 6.61 Å². The lowest BCUT2D eigenvalue weighted by Gasteiger charge is -2.13. The molecule has 0 heterocycles. The second-order valence-electron chi connectivity index (χ2n) is 6.48. The van der Waals surface area contributed by atoms with E-state index in [1.165, 1.54) is 6.21 Å². The molecule has 0 atom stereocenters. The minimum atomic E-state index is -0.856. The van der Waals surface area contributed by atoms with Gasteiger partial charge in [-0.1, -0.05) is 29.3 Å². The first-order chi connectivity index (χ1) is 15.4. The predicted molar refractivity (Wildman–Crippen MR) is 124 cm³/mol. The lowest BCUT2D eigenvalue weighted by molar-refractivity contribution is -0.139. The number of methoxy groups -OCH3 is 1. The van der Waals surface area contributed by atoms with Gasteiger partial charge >= 0.3 is 11.8 Å². The van der Waals surface area contributed by atoms with E-state index in [1.54, 1.807) is 37.4 Å². The molecule has 2 rings (SSSR count). The number of halogens is 2. The summed E-state index contributed by atoms with van der Waals surface area (Å²) in [5, 5.41) is 7.22. The van der Waals surface area contributed by atoms with Gasteiger partial charge in [-0.2, -0.15) is 5.10 Å². The lowest BCUT2D eigenvalue weighted by atomic mass is 10.2. The summed E-state index contributed by atoms with van der Waals surface area (Å²) in [5.74, 6) is -0.571. The van der Waals surface area contributed by atoms with Crippen LogP contribution in [0.3, 0.4) is 0 Å². The third kappa shape index (κ3) is 8.37. The third-order valence-corrected chi connectivity index (χ3v) is 4.78. The van der Waals surface area contributed by atoms with E-state index in [2.05, 4.69) is 15.8 Å². The second kappa shape index (κ2) is 13.6. The molecule has 0 saturated carbocycles. The van der Waals surface area contributed by atoms with Crippen molar-refractivity contribution in [2.45, 2.75) is 20.0 Å². The van der Waals surface area contributed by atoms with Gasteiger partial charge in [0.15, 0.2) is 11.5 Å². The van der Waals surface area contributed by atoms with Gasteiger partial charge in [0.25, 0.3) is 0 Å². The Morgan fingerprint density at radius 3 is 2.56 bits per heavy atom. The van der Waals surface area contributed by atoms with E-state index in [-0.39, 0.29) is 6.61 Å². The first kappa shape index (κ1) is 25.5. The number of nitrogens with zero attached hydrogens (tertiary/aromatic N) is 1. The van der Waals surface area contributed by atoms with E-state index >= 15 is 0 Å². The van der Waals surface area contributed by atoms with Gasteiger partial charge < -0.3 is 19.5 Å². The summed E-state index contributed by atoms with van der Waals surface area (Å²) >= 11 is 12.0. The number of amides is 2. The standard InChI is InChI=1S/C22H25Cl2N3O5/c1-3-31-20-12-15(13-26-27-22(29)21(28)25-9-4-10-30-2)6-8-19(20)32-14-16-5-7-17(23)18(24)11-16/h5-8,11-13H,3-4,9-10,14H2,1-2H3,(H,25,28)(H,27,29)/b26-13-. The minimum Gasteiger partial charge on any atom is -0.490 e. The molecule has 0 aliphatic heterocycles. The first-order valence-electron chi connectivity index (χ1n) is 9.88. The molecule has 2 N–H and O–H groups in total. The van der Waals surface area contributed by atoms with Gasteiger partial charge in [0.05, 0.1) is 22.9 Å². The summed E-state index contributed by atoms with van der Waals surface area (Å²) in [7, 11) is 1.56. The Hall–Kier alpha value is -2.81. The van der Waals surface area contributed by atoms with E-state index in [4.69, 9.17) is 37.4 Å². The number of rotatable bonds is 11. The van der Waals surface area contributed by atoms with Crippen molar-refractivity contribution in [1.29, 1.82) is 0 Å². The molecule has 10 heteroatoms. The van der Waals surface area contributed by atoms with Crippen LogP contribution < -0.4 is 20.2 Å². The van der Waals surface area contributed by atoms with E-state index < -0.39 is 11.8 Å². The van der Waals surface area contributed by atoms with Crippen molar-refractivity contribution in [3.05, 3.63) is 57.6 Å². The van der Waals surface area contributed by atoms with Crippen LogP contribution in [0.15, 0.2) is 41.5 Å². The van der Waals surface area contributed by atoms with E-state index in [0.29, 0.717) is 53.3 Å². The van der Waals surface area contributed by atoms with Crippen LogP contribution in [0, 0.1) is 0 Å². The fourth-order valence-electron chi connectivity index (χ4n) is 2.50. The summed E-state index contributed by atoms with van der Waals surface area (Å²) in [6, 6.07) is 10.5. The Bertz CT molecular complexity index is 953. The quantitative estimate of drug-likeness (QED) is 0.221. The maximum Gasteiger partial charge on any atom is 0.329 e. The van der Waals surface area contributed by atoms with Crippen molar-refractivity contribution in [3.8, 4) is 11.5 Å². The number of carbonyl (C=O) groups excluding carboxylic acids is 2. The Kier molecular flexibility index (Phi) is 10.8. The minimum absolute atomic E-state index is 0.278. The molecule has 0 aliphatic rings. The molecule has 0 bridgehead atoms. The molecule has 2 amide bonds. The first-order valence-corrected chi connectivity index (χ1v) is 10.6. The highest BCUT2D eigenvalue weighted by atomic mass is 35.5. The van der Waals surface area contributed by atoms with E-state index in [1.807, 2.05) is 13.0 Å². The lowest BCUT2D eigenvalue weighted by Crippen LogP contribution is -2.38. The molecule has 0 spiro atoms. The van der Waals surface area contributed by atoms with Crippen molar-refractivity contribution in [2.75, 3.05) is 26.9 Å². The number of carbonyl (C=O) groups is 2. The summed E-state index contributed by atoms with van der Waals surface area (Å²) < 4.78 is 16.4. The zero-order valence-electron chi connectivity index (χ0n) is 17.8. The third-order valence-electron chi connectivity index (χ3n) is 4.04. The number of benzene rings is 2. The average molecular weight is 482 g/mol. The molecule has 0 saturated heterocycles. The van der Waals surface area contributed by atoms with Crippen molar-refractivity contribution in [3.63, 3.8) is 0 Å². The fourth-order valence-corrected chi connectivity index (χ4v) is 2.82. The zero-order valence-corrected chi connectivity index (χ0v) is 19.3. The van der Waals surface area contributed by atoms with Gasteiger partial charge in [-0.05, 0) is 54.8 Å². The topological polar surface area (TPSA) is 98.2 Å². The monoisotopic (exact) mass is 481 g/mol. The Morgan fingerprint density at radius 2 is 1.84 bits per heavy atom. The molecule has 2 aromatic rings. The van der Waals surface area contributed by atoms with Gasteiger partial charge in [-0.15, -0.1) is 0 Å². The zero-order chi connectivity index (χ0) is 23.3. The molecule has 172 valence electrons. The molecule has 8 nitrogen and oxygen atoms in total. The second-order valence-corrected chi connectivity index (χ2v) is 7.29. The van der Waals surface area contributed by atoms with Crippen LogP contribution in [0.25, 0.3) is 0 Å². The van der Waals surface area contributed by atoms with Crippen molar-refractivity contribution in [2.24, 2.45) is 5.10 Å². The molecule has 2 aromatic carbocycles. The van der Waals surface area contributed by atoms with Gasteiger partial charge in [-0.3, -0.25) is 9.59 Å². The molecular formula is C22H25Cl2N3O5. The Balaban J connectivity index is 1.95. The van der Waals surface area contributed by atoms with Crippen LogP contribution in [-0.2, 0) is 20.9 Å². The molecule has 32 heavy (non-hydrogen) atoms. The van der Waals surface area contributed by atoms with Crippen LogP contribution in [0.4, 0.5) is 0 Å². The number of hydrogen-bond donors (Lipinski definition) is 2. The summed E-state index contributed by atoms with van der Waals surface area (Å²) in [6.07, 6.45) is 2.01. The number of nitrogens with one attached hydrogen (secondary N) is 2. The highest BCUT2D eigenvalue weighted by Gasteiger charge is 2.11. The SMILES string of the molecule is CCOc1cc(/C=N\NC(=O)C(=O)NCCCOC)ccc1OCc1ccc(Cl)c(Cl)c1. The number of ether oxygens (including phenoxy) is 3. The highest BCUT2D eigenvalue weighted by molar-refractivity contribution is 6.42. The summed E-state index contributed by atoms with van der Waals surface area (Å²) in [6.45, 7) is 3.40. The molecule has 0 fully saturated rings. The molecular weight excluding hydrogens is 457 g/mol. The number of hydrazone groups is 1.